The van der Waals surface area contributed by atoms with Crippen molar-refractivity contribution >= 4 is 0 Å². The Morgan fingerprint density at radius 3 is 2.25 bits per heavy atom. The number of hydrogen-bond donors (Lipinski definition) is 0. The van der Waals surface area contributed by atoms with Crippen LogP contribution in [0.1, 0.15) is 40.5 Å². The number of hydrogen-bond acceptors (Lipinski definition) is 1. The molecule has 73 valence electrons. The first-order chi connectivity index (χ1) is 5.49. The maximum absolute atomic E-state index is 10.6. The Bertz CT molecular complexity index is 101. The van der Waals surface area contributed by atoms with E-state index in [1.807, 2.05) is 20.8 Å². The van der Waals surface area contributed by atoms with Gasteiger partial charge in [-0.3, -0.25) is 0 Å². The third kappa shape index (κ3) is 6.62. The van der Waals surface area contributed by atoms with Crippen molar-refractivity contribution in [3.63, 3.8) is 0 Å². The highest BCUT2D eigenvalue weighted by atomic mass is 16.5. The lowest BCUT2D eigenvalue weighted by atomic mass is 10.0. The lowest BCUT2D eigenvalue weighted by Gasteiger charge is -2.20. The van der Waals surface area contributed by atoms with Crippen LogP contribution in [0.5, 0.6) is 0 Å². The van der Waals surface area contributed by atoms with Crippen molar-refractivity contribution in [2.24, 2.45) is 5.92 Å². The van der Waals surface area contributed by atoms with E-state index in [0.717, 1.165) is 12.8 Å². The van der Waals surface area contributed by atoms with Gasteiger partial charge < -0.3 is 4.74 Å². The predicted molar refractivity (Wildman–Crippen MR) is 49.7 cm³/mol. The average molecular weight is 173 g/mol. The Labute approximate surface area is 75.9 Å². The van der Waals surface area contributed by atoms with E-state index in [2.05, 4.69) is 6.92 Å². The molecule has 0 aliphatic carbocycles. The van der Waals surface area contributed by atoms with Crippen molar-refractivity contribution in [3.8, 4) is 0 Å². The zero-order valence-electron chi connectivity index (χ0n) is 8.72. The molecule has 0 aromatic carbocycles. The molecule has 1 radical (unpaired) electrons. The van der Waals surface area contributed by atoms with Gasteiger partial charge in [0.25, 0.3) is 0 Å². The summed E-state index contributed by atoms with van der Waals surface area (Å²) in [7, 11) is 0. The molecule has 0 fully saturated rings. The van der Waals surface area contributed by atoms with Crippen LogP contribution < -0.4 is 0 Å². The SMILES string of the molecule is CCC(C[O])CCOC(C)(C)C. The van der Waals surface area contributed by atoms with Gasteiger partial charge in [0.2, 0.25) is 0 Å². The van der Waals surface area contributed by atoms with Crippen molar-refractivity contribution < 1.29 is 9.84 Å². The predicted octanol–water partition coefficient (Wildman–Crippen LogP) is 2.65. The molecular weight excluding hydrogens is 152 g/mol. The standard InChI is InChI=1S/C10H21O2/c1-5-9(8-11)6-7-12-10(2,3)4/h9H,5-8H2,1-4H3. The van der Waals surface area contributed by atoms with Gasteiger partial charge in [-0.1, -0.05) is 13.3 Å². The lowest BCUT2D eigenvalue weighted by Crippen LogP contribution is -2.21. The molecule has 0 aromatic heterocycles. The first-order valence-corrected chi connectivity index (χ1v) is 4.71. The Hall–Kier alpha value is -0.0800. The quantitative estimate of drug-likeness (QED) is 0.628. The second-order valence-electron chi connectivity index (χ2n) is 4.19. The van der Waals surface area contributed by atoms with Crippen LogP contribution in [-0.4, -0.2) is 18.8 Å². The summed E-state index contributed by atoms with van der Waals surface area (Å²) < 4.78 is 5.52. The molecule has 0 aliphatic rings. The number of rotatable bonds is 5. The van der Waals surface area contributed by atoms with Gasteiger partial charge >= 0.3 is 0 Å². The molecule has 1 unspecified atom stereocenters. The van der Waals surface area contributed by atoms with Gasteiger partial charge in [0.05, 0.1) is 12.2 Å². The van der Waals surface area contributed by atoms with Crippen LogP contribution in [0.2, 0.25) is 0 Å². The largest absolute Gasteiger partial charge is 0.376 e. The Morgan fingerprint density at radius 1 is 1.33 bits per heavy atom. The van der Waals surface area contributed by atoms with Gasteiger partial charge in [0.15, 0.2) is 0 Å². The molecule has 0 saturated carbocycles. The van der Waals surface area contributed by atoms with Crippen molar-refractivity contribution in [1.82, 2.24) is 0 Å². The molecule has 0 aliphatic heterocycles. The normalized spacial score (nSPS) is 14.8. The Morgan fingerprint density at radius 2 is 1.92 bits per heavy atom. The lowest BCUT2D eigenvalue weighted by molar-refractivity contribution is -0.0147. The van der Waals surface area contributed by atoms with E-state index < -0.39 is 0 Å². The molecule has 12 heavy (non-hydrogen) atoms. The van der Waals surface area contributed by atoms with E-state index >= 15 is 0 Å². The van der Waals surface area contributed by atoms with Crippen LogP contribution in [0, 0.1) is 5.92 Å². The molecule has 2 nitrogen and oxygen atoms in total. The van der Waals surface area contributed by atoms with E-state index in [-0.39, 0.29) is 12.2 Å². The Balaban J connectivity index is 3.41. The van der Waals surface area contributed by atoms with Gasteiger partial charge in [0, 0.05) is 6.61 Å². The highest BCUT2D eigenvalue weighted by molar-refractivity contribution is 4.60. The van der Waals surface area contributed by atoms with E-state index in [1.165, 1.54) is 0 Å². The molecule has 0 bridgehead atoms. The summed E-state index contributed by atoms with van der Waals surface area (Å²) in [5.41, 5.74) is -0.0683. The smallest absolute Gasteiger partial charge is 0.0851 e. The van der Waals surface area contributed by atoms with Gasteiger partial charge in [-0.2, -0.15) is 0 Å². The van der Waals surface area contributed by atoms with Gasteiger partial charge in [0.1, 0.15) is 0 Å². The molecule has 1 atom stereocenters. The second-order valence-corrected chi connectivity index (χ2v) is 4.19. The summed E-state index contributed by atoms with van der Waals surface area (Å²) >= 11 is 0. The zero-order valence-corrected chi connectivity index (χ0v) is 8.72. The fourth-order valence-electron chi connectivity index (χ4n) is 0.937. The van der Waals surface area contributed by atoms with Gasteiger partial charge in [-0.15, -0.1) is 0 Å². The molecule has 2 heteroatoms. The highest BCUT2D eigenvalue weighted by Gasteiger charge is 2.11. The third-order valence-electron chi connectivity index (χ3n) is 1.87. The minimum atomic E-state index is -0.0683. The van der Waals surface area contributed by atoms with Crippen molar-refractivity contribution in [2.45, 2.75) is 46.1 Å². The van der Waals surface area contributed by atoms with E-state index in [4.69, 9.17) is 4.74 Å². The van der Waals surface area contributed by atoms with E-state index in [9.17, 15) is 5.11 Å². The van der Waals surface area contributed by atoms with Crippen LogP contribution in [0.15, 0.2) is 0 Å². The van der Waals surface area contributed by atoms with Crippen LogP contribution in [-0.2, 0) is 9.84 Å². The molecule has 0 N–H and O–H groups in total. The van der Waals surface area contributed by atoms with Crippen molar-refractivity contribution in [2.75, 3.05) is 13.2 Å². The zero-order chi connectivity index (χ0) is 9.61. The first kappa shape index (κ1) is 11.9. The second kappa shape index (κ2) is 5.55. The summed E-state index contributed by atoms with van der Waals surface area (Å²) in [5.74, 6) is 0.298. The van der Waals surface area contributed by atoms with Crippen LogP contribution >= 0.6 is 0 Å². The van der Waals surface area contributed by atoms with Crippen LogP contribution in [0.25, 0.3) is 0 Å². The molecule has 0 saturated heterocycles. The van der Waals surface area contributed by atoms with E-state index in [1.54, 1.807) is 0 Å². The third-order valence-corrected chi connectivity index (χ3v) is 1.87. The maximum atomic E-state index is 10.6. The van der Waals surface area contributed by atoms with Crippen molar-refractivity contribution in [1.29, 1.82) is 0 Å². The van der Waals surface area contributed by atoms with Gasteiger partial charge in [-0.25, -0.2) is 5.11 Å². The summed E-state index contributed by atoms with van der Waals surface area (Å²) in [6.07, 6.45) is 1.87. The summed E-state index contributed by atoms with van der Waals surface area (Å²) in [6.45, 7) is 8.90. The van der Waals surface area contributed by atoms with E-state index in [0.29, 0.717) is 12.5 Å². The molecular formula is C10H21O2. The molecule has 0 spiro atoms. The summed E-state index contributed by atoms with van der Waals surface area (Å²) in [6, 6.07) is 0. The summed E-state index contributed by atoms with van der Waals surface area (Å²) in [4.78, 5) is 0. The minimum Gasteiger partial charge on any atom is -0.376 e. The molecule has 0 heterocycles. The maximum Gasteiger partial charge on any atom is 0.0851 e. The molecule has 0 rings (SSSR count). The topological polar surface area (TPSA) is 29.1 Å². The first-order valence-electron chi connectivity index (χ1n) is 4.71. The van der Waals surface area contributed by atoms with Crippen molar-refractivity contribution in [3.05, 3.63) is 0 Å². The average Bonchev–Trinajstić information content (AvgIpc) is 1.96. The molecule has 0 aromatic rings. The van der Waals surface area contributed by atoms with Crippen LogP contribution in [0.4, 0.5) is 0 Å². The fraction of sp³-hybridized carbons (Fsp3) is 1.00. The van der Waals surface area contributed by atoms with Gasteiger partial charge in [-0.05, 0) is 33.1 Å². The Kier molecular flexibility index (Phi) is 5.51. The summed E-state index contributed by atoms with van der Waals surface area (Å²) in [5, 5.41) is 10.6. The minimum absolute atomic E-state index is 0.0317. The molecule has 0 amide bonds. The highest BCUT2D eigenvalue weighted by Crippen LogP contribution is 2.12. The monoisotopic (exact) mass is 173 g/mol. The fourth-order valence-corrected chi connectivity index (χ4v) is 0.937. The van der Waals surface area contributed by atoms with Crippen LogP contribution in [0.3, 0.4) is 0 Å². The number of ether oxygens (including phenoxy) is 1.